The molecule has 0 saturated heterocycles. The molecule has 1 amide bonds. The van der Waals surface area contributed by atoms with E-state index in [1.165, 1.54) is 13.0 Å². The van der Waals surface area contributed by atoms with Gasteiger partial charge in [0.15, 0.2) is 5.17 Å². The fraction of sp³-hybridized carbons (Fsp3) is 0.222. The van der Waals surface area contributed by atoms with Gasteiger partial charge in [0.2, 0.25) is 0 Å². The standard InChI is InChI=1S/C18H24Cl3N5O/c1-6-15(20)8-7-14(10(2)19)9-24-13(5)25-18(27)16(11(3)22)26-17(21)12(4)23/h6-8,10,24H,1,4-5,9,22-23H2,2-3H3,(H,25,27)/b14-7-,15-8+,16-11+,26-17?. The second kappa shape index (κ2) is 12.3. The molecule has 0 aromatic rings. The van der Waals surface area contributed by atoms with Crippen molar-refractivity contribution in [2.75, 3.05) is 6.54 Å². The summed E-state index contributed by atoms with van der Waals surface area (Å²) in [6.07, 6.45) is 4.93. The number of allylic oxidation sites excluding steroid dienone is 6. The molecular formula is C18H24Cl3N5O. The lowest BCUT2D eigenvalue weighted by Gasteiger charge is -2.15. The second-order valence-corrected chi connectivity index (χ2v) is 6.81. The summed E-state index contributed by atoms with van der Waals surface area (Å²) in [5.41, 5.74) is 12.0. The van der Waals surface area contributed by atoms with Crippen molar-refractivity contribution in [1.82, 2.24) is 10.6 Å². The van der Waals surface area contributed by atoms with Crippen molar-refractivity contribution in [2.45, 2.75) is 19.2 Å². The van der Waals surface area contributed by atoms with Crippen LogP contribution in [0.2, 0.25) is 0 Å². The number of nitrogens with two attached hydrogens (primary N) is 2. The van der Waals surface area contributed by atoms with Crippen LogP contribution in [0.15, 0.2) is 76.5 Å². The van der Waals surface area contributed by atoms with Crippen molar-refractivity contribution >= 4 is 45.9 Å². The summed E-state index contributed by atoms with van der Waals surface area (Å²) >= 11 is 17.8. The number of hydrogen-bond donors (Lipinski definition) is 4. The number of carbonyl (C=O) groups excluding carboxylic acids is 1. The molecule has 1 unspecified atom stereocenters. The van der Waals surface area contributed by atoms with Gasteiger partial charge < -0.3 is 22.1 Å². The molecule has 9 heteroatoms. The van der Waals surface area contributed by atoms with E-state index in [1.807, 2.05) is 0 Å². The Morgan fingerprint density at radius 3 is 2.30 bits per heavy atom. The Balaban J connectivity index is 5.10. The lowest BCUT2D eigenvalue weighted by atomic mass is 10.2. The first kappa shape index (κ1) is 24.8. The number of rotatable bonds is 10. The van der Waals surface area contributed by atoms with Gasteiger partial charge in [-0.2, -0.15) is 0 Å². The summed E-state index contributed by atoms with van der Waals surface area (Å²) in [5, 5.41) is 5.54. The van der Waals surface area contributed by atoms with Gasteiger partial charge in [-0.1, -0.05) is 55.1 Å². The molecule has 0 rings (SSSR count). The molecule has 1 atom stereocenters. The lowest BCUT2D eigenvalue weighted by molar-refractivity contribution is -0.117. The van der Waals surface area contributed by atoms with Crippen LogP contribution in [0, 0.1) is 0 Å². The highest BCUT2D eigenvalue weighted by atomic mass is 35.5. The Bertz CT molecular complexity index is 729. The molecule has 0 saturated carbocycles. The summed E-state index contributed by atoms with van der Waals surface area (Å²) in [6, 6.07) is 0. The number of halogens is 3. The molecule has 0 spiro atoms. The van der Waals surface area contributed by atoms with E-state index in [0.29, 0.717) is 11.6 Å². The number of amides is 1. The number of carbonyl (C=O) groups is 1. The van der Waals surface area contributed by atoms with E-state index >= 15 is 0 Å². The third kappa shape index (κ3) is 9.94. The third-order valence-corrected chi connectivity index (χ3v) is 3.88. The van der Waals surface area contributed by atoms with Crippen molar-refractivity contribution in [3.8, 4) is 0 Å². The Hall–Kier alpha value is -2.15. The first-order chi connectivity index (χ1) is 12.5. The van der Waals surface area contributed by atoms with Gasteiger partial charge >= 0.3 is 0 Å². The highest BCUT2D eigenvalue weighted by molar-refractivity contribution is 6.69. The average molecular weight is 433 g/mol. The molecular weight excluding hydrogens is 409 g/mol. The van der Waals surface area contributed by atoms with Crippen molar-refractivity contribution in [3.63, 3.8) is 0 Å². The van der Waals surface area contributed by atoms with Crippen LogP contribution >= 0.6 is 34.8 Å². The zero-order chi connectivity index (χ0) is 21.1. The van der Waals surface area contributed by atoms with Crippen LogP contribution in [0.5, 0.6) is 0 Å². The van der Waals surface area contributed by atoms with Crippen LogP contribution < -0.4 is 22.1 Å². The van der Waals surface area contributed by atoms with Crippen molar-refractivity contribution in [1.29, 1.82) is 0 Å². The summed E-state index contributed by atoms with van der Waals surface area (Å²) in [7, 11) is 0. The van der Waals surface area contributed by atoms with Crippen LogP contribution in [0.4, 0.5) is 0 Å². The summed E-state index contributed by atoms with van der Waals surface area (Å²) < 4.78 is 0. The van der Waals surface area contributed by atoms with Crippen LogP contribution in [0.1, 0.15) is 13.8 Å². The largest absolute Gasteiger partial charge is 0.400 e. The number of nitrogens with zero attached hydrogens (tertiary/aromatic N) is 1. The smallest absolute Gasteiger partial charge is 0.277 e. The Morgan fingerprint density at radius 1 is 1.26 bits per heavy atom. The topological polar surface area (TPSA) is 106 Å². The maximum atomic E-state index is 12.3. The molecule has 0 aliphatic rings. The molecule has 0 radical (unpaired) electrons. The van der Waals surface area contributed by atoms with Crippen LogP contribution in [-0.2, 0) is 4.79 Å². The van der Waals surface area contributed by atoms with E-state index in [-0.39, 0.29) is 33.5 Å². The highest BCUT2D eigenvalue weighted by Gasteiger charge is 2.14. The zero-order valence-corrected chi connectivity index (χ0v) is 17.5. The van der Waals surface area contributed by atoms with Gasteiger partial charge in [-0.05, 0) is 25.5 Å². The fourth-order valence-electron chi connectivity index (χ4n) is 1.52. The molecule has 6 nitrogen and oxygen atoms in total. The lowest BCUT2D eigenvalue weighted by Crippen LogP contribution is -2.34. The monoisotopic (exact) mass is 431 g/mol. The van der Waals surface area contributed by atoms with Gasteiger partial charge in [0.05, 0.1) is 16.9 Å². The van der Waals surface area contributed by atoms with Crippen molar-refractivity contribution < 1.29 is 4.79 Å². The molecule has 148 valence electrons. The van der Waals surface area contributed by atoms with E-state index in [9.17, 15) is 4.79 Å². The van der Waals surface area contributed by atoms with Crippen LogP contribution in [-0.4, -0.2) is 23.0 Å². The predicted octanol–water partition coefficient (Wildman–Crippen LogP) is 3.33. The van der Waals surface area contributed by atoms with Crippen LogP contribution in [0.25, 0.3) is 0 Å². The first-order valence-electron chi connectivity index (χ1n) is 7.71. The SMILES string of the molecule is C=C/C(Cl)=C\C=C(\CNC(=C)NC(=O)/C(N=C(Cl)C(=C)N)=C(/C)N)C(C)Cl. The molecule has 27 heavy (non-hydrogen) atoms. The minimum Gasteiger partial charge on any atom is -0.400 e. The molecule has 0 aliphatic heterocycles. The van der Waals surface area contributed by atoms with E-state index in [0.717, 1.165) is 5.57 Å². The van der Waals surface area contributed by atoms with Gasteiger partial charge in [0.1, 0.15) is 5.70 Å². The van der Waals surface area contributed by atoms with E-state index in [4.69, 9.17) is 46.3 Å². The number of alkyl halides is 1. The molecule has 6 N–H and O–H groups in total. The number of aliphatic imine (C=N–C) groups is 1. The zero-order valence-electron chi connectivity index (χ0n) is 15.3. The maximum absolute atomic E-state index is 12.3. The second-order valence-electron chi connectivity index (χ2n) is 5.36. The van der Waals surface area contributed by atoms with E-state index in [2.05, 4.69) is 35.4 Å². The first-order valence-corrected chi connectivity index (χ1v) is 8.91. The van der Waals surface area contributed by atoms with Crippen molar-refractivity contribution in [3.05, 3.63) is 71.5 Å². The van der Waals surface area contributed by atoms with Gasteiger partial charge in [-0.25, -0.2) is 4.99 Å². The van der Waals surface area contributed by atoms with Crippen molar-refractivity contribution in [2.24, 2.45) is 16.5 Å². The van der Waals surface area contributed by atoms with E-state index < -0.39 is 5.91 Å². The molecule has 0 aliphatic carbocycles. The van der Waals surface area contributed by atoms with Gasteiger partial charge in [0.25, 0.3) is 5.91 Å². The summed E-state index contributed by atoms with van der Waals surface area (Å²) in [4.78, 5) is 16.2. The molecule has 0 aromatic carbocycles. The minimum atomic E-state index is -0.606. The highest BCUT2D eigenvalue weighted by Crippen LogP contribution is 2.11. The van der Waals surface area contributed by atoms with Gasteiger partial charge in [-0.15, -0.1) is 11.6 Å². The quantitative estimate of drug-likeness (QED) is 0.184. The number of hydrogen-bond acceptors (Lipinski definition) is 5. The summed E-state index contributed by atoms with van der Waals surface area (Å²) in [6.45, 7) is 14.4. The van der Waals surface area contributed by atoms with E-state index in [1.54, 1.807) is 19.1 Å². The average Bonchev–Trinajstić information content (AvgIpc) is 2.57. The van der Waals surface area contributed by atoms with Crippen LogP contribution in [0.3, 0.4) is 0 Å². The number of nitrogens with one attached hydrogen (secondary N) is 2. The summed E-state index contributed by atoms with van der Waals surface area (Å²) in [5.74, 6) is -0.385. The predicted molar refractivity (Wildman–Crippen MR) is 116 cm³/mol. The Morgan fingerprint density at radius 2 is 1.85 bits per heavy atom. The molecule has 0 bridgehead atoms. The van der Waals surface area contributed by atoms with Gasteiger partial charge in [0, 0.05) is 17.3 Å². The molecule has 0 aromatic heterocycles. The maximum Gasteiger partial charge on any atom is 0.277 e. The third-order valence-electron chi connectivity index (χ3n) is 3.00. The van der Waals surface area contributed by atoms with Gasteiger partial charge in [-0.3, -0.25) is 4.79 Å². The minimum absolute atomic E-state index is 0.0114. The molecule has 0 fully saturated rings. The Labute approximate surface area is 175 Å². The normalized spacial score (nSPS) is 14.8. The Kier molecular flexibility index (Phi) is 11.3. The fourth-order valence-corrected chi connectivity index (χ4v) is 1.82. The molecule has 0 heterocycles.